The van der Waals surface area contributed by atoms with Crippen molar-refractivity contribution in [3.8, 4) is 0 Å². The van der Waals surface area contributed by atoms with Crippen molar-refractivity contribution in [2.75, 3.05) is 12.3 Å². The number of thioether (sulfide) groups is 1. The van der Waals surface area contributed by atoms with Crippen molar-refractivity contribution >= 4 is 16.8 Å². The second kappa shape index (κ2) is 3.92. The molecule has 1 saturated carbocycles. The molecule has 1 aromatic carbocycles. The molecule has 0 radical (unpaired) electrons. The smallest absolute Gasteiger partial charge is 0.0782 e. The molecule has 2 heteroatoms. The van der Waals surface area contributed by atoms with E-state index in [4.69, 9.17) is 4.99 Å². The summed E-state index contributed by atoms with van der Waals surface area (Å²) in [6.07, 6.45) is 3.94. The Kier molecular flexibility index (Phi) is 2.55. The first kappa shape index (κ1) is 10.4. The minimum Gasteiger partial charge on any atom is -0.281 e. The number of hydrogen-bond acceptors (Lipinski definition) is 2. The number of rotatable bonds is 2. The van der Waals surface area contributed by atoms with Crippen molar-refractivity contribution in [2.45, 2.75) is 31.6 Å². The summed E-state index contributed by atoms with van der Waals surface area (Å²) in [6.45, 7) is 3.17. The minimum absolute atomic E-state index is 0.300. The monoisotopic (exact) mass is 231 g/mol. The van der Waals surface area contributed by atoms with Gasteiger partial charge < -0.3 is 0 Å². The molecular formula is C14H17NS. The van der Waals surface area contributed by atoms with Crippen LogP contribution in [0.3, 0.4) is 0 Å². The molecule has 3 rings (SSSR count). The summed E-state index contributed by atoms with van der Waals surface area (Å²) in [7, 11) is 0. The Balaban J connectivity index is 1.98. The van der Waals surface area contributed by atoms with Gasteiger partial charge in [0, 0.05) is 17.7 Å². The Morgan fingerprint density at radius 2 is 1.94 bits per heavy atom. The van der Waals surface area contributed by atoms with Gasteiger partial charge in [-0.05, 0) is 25.3 Å². The number of aliphatic imine (C=N–C) groups is 1. The van der Waals surface area contributed by atoms with E-state index in [2.05, 4.69) is 31.2 Å². The summed E-state index contributed by atoms with van der Waals surface area (Å²) in [5.74, 6) is 1.18. The third kappa shape index (κ3) is 1.51. The molecule has 0 atom stereocenters. The van der Waals surface area contributed by atoms with Gasteiger partial charge in [0.1, 0.15) is 0 Å². The van der Waals surface area contributed by atoms with Crippen LogP contribution in [0.4, 0.5) is 0 Å². The Morgan fingerprint density at radius 1 is 1.19 bits per heavy atom. The first-order valence-corrected chi connectivity index (χ1v) is 7.05. The average Bonchev–Trinajstić information content (AvgIpc) is 2.73. The maximum atomic E-state index is 4.71. The molecule has 0 bridgehead atoms. The number of hydrogen-bond donors (Lipinski definition) is 0. The largest absolute Gasteiger partial charge is 0.281 e. The fourth-order valence-electron chi connectivity index (χ4n) is 2.65. The van der Waals surface area contributed by atoms with E-state index in [0.29, 0.717) is 5.41 Å². The maximum absolute atomic E-state index is 4.71. The molecule has 0 spiro atoms. The third-order valence-electron chi connectivity index (χ3n) is 3.81. The van der Waals surface area contributed by atoms with E-state index in [-0.39, 0.29) is 0 Å². The van der Waals surface area contributed by atoms with Gasteiger partial charge in [-0.1, -0.05) is 36.2 Å². The molecular weight excluding hydrogens is 214 g/mol. The van der Waals surface area contributed by atoms with E-state index in [1.807, 2.05) is 11.8 Å². The molecule has 1 heterocycles. The number of benzene rings is 1. The fraction of sp³-hybridized carbons (Fsp3) is 0.500. The van der Waals surface area contributed by atoms with Gasteiger partial charge in [-0.25, -0.2) is 0 Å². The number of nitrogens with zero attached hydrogens (tertiary/aromatic N) is 1. The van der Waals surface area contributed by atoms with Gasteiger partial charge in [-0.3, -0.25) is 4.99 Å². The molecule has 0 N–H and O–H groups in total. The van der Waals surface area contributed by atoms with Gasteiger partial charge >= 0.3 is 0 Å². The number of aryl methyl sites for hydroxylation is 1. The molecule has 0 saturated heterocycles. The van der Waals surface area contributed by atoms with E-state index in [1.165, 1.54) is 41.2 Å². The van der Waals surface area contributed by atoms with E-state index < -0.39 is 0 Å². The molecule has 0 amide bonds. The van der Waals surface area contributed by atoms with Crippen LogP contribution in [-0.2, 0) is 5.41 Å². The lowest BCUT2D eigenvalue weighted by molar-refractivity contribution is 0.345. The summed E-state index contributed by atoms with van der Waals surface area (Å²) < 4.78 is 0. The standard InChI is InChI=1S/C14H17NS/c1-11-3-5-12(6-4-11)14(7-2-8-14)13-15-9-10-16-13/h3-6H,2,7-10H2,1H3. The molecule has 1 aliphatic heterocycles. The Hall–Kier alpha value is -0.760. The van der Waals surface area contributed by atoms with Gasteiger partial charge in [0.15, 0.2) is 0 Å². The van der Waals surface area contributed by atoms with E-state index in [9.17, 15) is 0 Å². The summed E-state index contributed by atoms with van der Waals surface area (Å²) in [5.41, 5.74) is 3.13. The zero-order valence-electron chi connectivity index (χ0n) is 9.70. The average molecular weight is 231 g/mol. The first-order chi connectivity index (χ1) is 7.81. The zero-order valence-corrected chi connectivity index (χ0v) is 10.5. The normalized spacial score (nSPS) is 22.7. The fourth-order valence-corrected chi connectivity index (χ4v) is 3.81. The summed E-state index contributed by atoms with van der Waals surface area (Å²) in [4.78, 5) is 4.71. The first-order valence-electron chi connectivity index (χ1n) is 6.06. The Morgan fingerprint density at radius 3 is 2.44 bits per heavy atom. The second-order valence-electron chi connectivity index (χ2n) is 4.84. The van der Waals surface area contributed by atoms with Crippen LogP contribution in [-0.4, -0.2) is 17.3 Å². The van der Waals surface area contributed by atoms with Gasteiger partial charge in [0.25, 0.3) is 0 Å². The summed E-state index contributed by atoms with van der Waals surface area (Å²) >= 11 is 1.97. The predicted molar refractivity (Wildman–Crippen MR) is 71.5 cm³/mol. The molecule has 1 aromatic rings. The highest BCUT2D eigenvalue weighted by Crippen LogP contribution is 2.48. The Labute approximate surface area is 101 Å². The highest BCUT2D eigenvalue weighted by Gasteiger charge is 2.44. The second-order valence-corrected chi connectivity index (χ2v) is 5.92. The van der Waals surface area contributed by atoms with Gasteiger partial charge in [-0.15, -0.1) is 11.8 Å². The maximum Gasteiger partial charge on any atom is 0.0782 e. The van der Waals surface area contributed by atoms with Crippen LogP contribution in [0.25, 0.3) is 0 Å². The molecule has 0 unspecified atom stereocenters. The van der Waals surface area contributed by atoms with Crippen molar-refractivity contribution in [1.29, 1.82) is 0 Å². The van der Waals surface area contributed by atoms with Crippen LogP contribution in [0.15, 0.2) is 29.3 Å². The lowest BCUT2D eigenvalue weighted by atomic mass is 9.65. The van der Waals surface area contributed by atoms with Gasteiger partial charge in [0.2, 0.25) is 0 Å². The minimum atomic E-state index is 0.300. The highest BCUT2D eigenvalue weighted by atomic mass is 32.2. The van der Waals surface area contributed by atoms with Crippen LogP contribution in [0.1, 0.15) is 30.4 Å². The van der Waals surface area contributed by atoms with E-state index in [1.54, 1.807) is 0 Å². The van der Waals surface area contributed by atoms with Crippen LogP contribution >= 0.6 is 11.8 Å². The molecule has 1 fully saturated rings. The third-order valence-corrected chi connectivity index (χ3v) is 4.99. The zero-order chi connectivity index (χ0) is 11.0. The molecule has 2 aliphatic rings. The van der Waals surface area contributed by atoms with Crippen molar-refractivity contribution in [2.24, 2.45) is 4.99 Å². The lowest BCUT2D eigenvalue weighted by Crippen LogP contribution is -2.40. The molecule has 84 valence electrons. The SMILES string of the molecule is Cc1ccc(C2(C3=NCCS3)CCC2)cc1. The topological polar surface area (TPSA) is 12.4 Å². The van der Waals surface area contributed by atoms with Crippen LogP contribution in [0.2, 0.25) is 0 Å². The molecule has 16 heavy (non-hydrogen) atoms. The van der Waals surface area contributed by atoms with Crippen molar-refractivity contribution in [1.82, 2.24) is 0 Å². The van der Waals surface area contributed by atoms with Crippen molar-refractivity contribution in [3.63, 3.8) is 0 Å². The molecule has 1 aliphatic carbocycles. The van der Waals surface area contributed by atoms with Gasteiger partial charge in [-0.2, -0.15) is 0 Å². The van der Waals surface area contributed by atoms with Crippen molar-refractivity contribution < 1.29 is 0 Å². The lowest BCUT2D eigenvalue weighted by Gasteiger charge is -2.42. The molecule has 1 nitrogen and oxygen atoms in total. The molecule has 0 aromatic heterocycles. The van der Waals surface area contributed by atoms with Crippen LogP contribution < -0.4 is 0 Å². The van der Waals surface area contributed by atoms with Gasteiger partial charge in [0.05, 0.1) is 5.04 Å². The highest BCUT2D eigenvalue weighted by molar-refractivity contribution is 8.14. The van der Waals surface area contributed by atoms with E-state index in [0.717, 1.165) is 6.54 Å². The van der Waals surface area contributed by atoms with E-state index >= 15 is 0 Å². The predicted octanol–water partition coefficient (Wildman–Crippen LogP) is 3.56. The Bertz CT molecular complexity index is 415. The quantitative estimate of drug-likeness (QED) is 0.758. The summed E-state index contributed by atoms with van der Waals surface area (Å²) in [6, 6.07) is 9.07. The van der Waals surface area contributed by atoms with Crippen LogP contribution in [0, 0.1) is 6.92 Å². The summed E-state index contributed by atoms with van der Waals surface area (Å²) in [5, 5.41) is 1.41. The van der Waals surface area contributed by atoms with Crippen molar-refractivity contribution in [3.05, 3.63) is 35.4 Å². The van der Waals surface area contributed by atoms with Crippen LogP contribution in [0.5, 0.6) is 0 Å².